The number of anilines is 1. The van der Waals surface area contributed by atoms with Crippen molar-refractivity contribution in [1.29, 1.82) is 0 Å². The van der Waals surface area contributed by atoms with Crippen molar-refractivity contribution in [1.82, 2.24) is 4.90 Å². The van der Waals surface area contributed by atoms with Crippen LogP contribution in [0.1, 0.15) is 5.56 Å². The van der Waals surface area contributed by atoms with Gasteiger partial charge in [-0.2, -0.15) is 33.4 Å². The lowest BCUT2D eigenvalue weighted by Gasteiger charge is -2.27. The quantitative estimate of drug-likeness (QED) is 0.898. The Kier molecular flexibility index (Phi) is 4.90. The van der Waals surface area contributed by atoms with E-state index in [0.29, 0.717) is 17.9 Å². The Morgan fingerprint density at radius 2 is 1.95 bits per heavy atom. The van der Waals surface area contributed by atoms with Gasteiger partial charge < -0.3 is 4.90 Å². The fourth-order valence-electron chi connectivity index (χ4n) is 1.88. The Labute approximate surface area is 129 Å². The number of para-hydroxylation sites is 1. The first-order valence-corrected chi connectivity index (χ1v) is 8.87. The van der Waals surface area contributed by atoms with Gasteiger partial charge in [0.1, 0.15) is 0 Å². The molecule has 0 spiro atoms. The van der Waals surface area contributed by atoms with Gasteiger partial charge in [-0.25, -0.2) is 0 Å². The zero-order valence-electron chi connectivity index (χ0n) is 11.3. The van der Waals surface area contributed by atoms with Gasteiger partial charge in [-0.05, 0) is 11.6 Å². The molecule has 1 aliphatic heterocycles. The molecule has 10 heteroatoms. The molecule has 0 saturated carbocycles. The van der Waals surface area contributed by atoms with E-state index in [-0.39, 0.29) is 18.1 Å². The Morgan fingerprint density at radius 1 is 1.27 bits per heavy atom. The number of thioether (sulfide) groups is 1. The molecule has 1 saturated heterocycles. The summed E-state index contributed by atoms with van der Waals surface area (Å²) in [5, 5.41) is 0. The second kappa shape index (κ2) is 6.37. The van der Waals surface area contributed by atoms with Gasteiger partial charge in [-0.1, -0.05) is 18.2 Å². The first-order chi connectivity index (χ1) is 10.2. The standard InChI is InChI=1S/C12H13F3N2O3S2/c13-12(14,15)22(19,20)16-10-4-2-1-3-9(10)7-17-5-6-21-8-11(17)18/h1-4,16H,5-8H2. The van der Waals surface area contributed by atoms with Crippen LogP contribution in [0.4, 0.5) is 18.9 Å². The number of hydrogen-bond donors (Lipinski definition) is 1. The lowest BCUT2D eigenvalue weighted by molar-refractivity contribution is -0.129. The minimum Gasteiger partial charge on any atom is -0.337 e. The van der Waals surface area contributed by atoms with E-state index in [4.69, 9.17) is 0 Å². The van der Waals surface area contributed by atoms with Crippen LogP contribution < -0.4 is 4.72 Å². The van der Waals surface area contributed by atoms with Crippen molar-refractivity contribution < 1.29 is 26.4 Å². The SMILES string of the molecule is O=C1CSCCN1Cc1ccccc1NS(=O)(=O)C(F)(F)F. The van der Waals surface area contributed by atoms with E-state index in [1.165, 1.54) is 39.6 Å². The fraction of sp³-hybridized carbons (Fsp3) is 0.417. The normalized spacial score (nSPS) is 16.7. The van der Waals surface area contributed by atoms with E-state index in [1.807, 2.05) is 0 Å². The van der Waals surface area contributed by atoms with Crippen LogP contribution in [-0.4, -0.2) is 42.8 Å². The van der Waals surface area contributed by atoms with Gasteiger partial charge in [0.25, 0.3) is 0 Å². The molecule has 1 aromatic rings. The summed E-state index contributed by atoms with van der Waals surface area (Å²) in [6, 6.07) is 5.72. The molecule has 1 N–H and O–H groups in total. The van der Waals surface area contributed by atoms with Crippen molar-refractivity contribution in [2.45, 2.75) is 12.1 Å². The molecule has 122 valence electrons. The maximum absolute atomic E-state index is 12.5. The van der Waals surface area contributed by atoms with Gasteiger partial charge in [-0.3, -0.25) is 9.52 Å². The van der Waals surface area contributed by atoms with Crippen LogP contribution in [0.25, 0.3) is 0 Å². The summed E-state index contributed by atoms with van der Waals surface area (Å²) < 4.78 is 61.3. The summed E-state index contributed by atoms with van der Waals surface area (Å²) in [4.78, 5) is 13.2. The third-order valence-electron chi connectivity index (χ3n) is 3.01. The third-order valence-corrected chi connectivity index (χ3v) is 5.03. The zero-order valence-corrected chi connectivity index (χ0v) is 12.9. The molecule has 0 aliphatic carbocycles. The van der Waals surface area contributed by atoms with Crippen molar-refractivity contribution >= 4 is 33.4 Å². The molecule has 0 bridgehead atoms. The molecule has 1 amide bonds. The van der Waals surface area contributed by atoms with Gasteiger partial charge in [0, 0.05) is 18.8 Å². The second-order valence-corrected chi connectivity index (χ2v) is 7.36. The predicted octanol–water partition coefficient (Wildman–Crippen LogP) is 2.02. The number of carbonyl (C=O) groups excluding carboxylic acids is 1. The van der Waals surface area contributed by atoms with Gasteiger partial charge in [0.05, 0.1) is 11.4 Å². The summed E-state index contributed by atoms with van der Waals surface area (Å²) in [6.07, 6.45) is 0. The third kappa shape index (κ3) is 3.86. The highest BCUT2D eigenvalue weighted by Gasteiger charge is 2.46. The van der Waals surface area contributed by atoms with Crippen molar-refractivity contribution in [2.24, 2.45) is 0 Å². The molecule has 5 nitrogen and oxygen atoms in total. The summed E-state index contributed by atoms with van der Waals surface area (Å²) in [5.74, 6) is 0.934. The first-order valence-electron chi connectivity index (χ1n) is 6.23. The molecular formula is C12H13F3N2O3S2. The van der Waals surface area contributed by atoms with Crippen LogP contribution in [0.3, 0.4) is 0 Å². The number of sulfonamides is 1. The van der Waals surface area contributed by atoms with Crippen LogP contribution in [0.2, 0.25) is 0 Å². The van der Waals surface area contributed by atoms with Gasteiger partial charge in [0.2, 0.25) is 5.91 Å². The Hall–Kier alpha value is -1.42. The maximum Gasteiger partial charge on any atom is 0.516 e. The number of amides is 1. The average Bonchev–Trinajstić information content (AvgIpc) is 2.42. The summed E-state index contributed by atoms with van der Waals surface area (Å²) >= 11 is 1.48. The molecule has 1 fully saturated rings. The predicted molar refractivity (Wildman–Crippen MR) is 77.8 cm³/mol. The largest absolute Gasteiger partial charge is 0.516 e. The Morgan fingerprint density at radius 3 is 2.59 bits per heavy atom. The molecule has 0 aromatic heterocycles. The highest BCUT2D eigenvalue weighted by atomic mass is 32.2. The molecule has 1 heterocycles. The summed E-state index contributed by atoms with van der Waals surface area (Å²) in [7, 11) is -5.49. The summed E-state index contributed by atoms with van der Waals surface area (Å²) in [6.45, 7) is 0.541. The smallest absolute Gasteiger partial charge is 0.337 e. The number of rotatable bonds is 4. The number of alkyl halides is 3. The Balaban J connectivity index is 2.22. The van der Waals surface area contributed by atoms with Gasteiger partial charge in [-0.15, -0.1) is 0 Å². The van der Waals surface area contributed by atoms with Crippen molar-refractivity contribution in [3.05, 3.63) is 29.8 Å². The van der Waals surface area contributed by atoms with Crippen molar-refractivity contribution in [3.63, 3.8) is 0 Å². The molecular weight excluding hydrogens is 341 g/mol. The molecule has 1 aliphatic rings. The maximum atomic E-state index is 12.5. The number of nitrogens with zero attached hydrogens (tertiary/aromatic N) is 1. The number of hydrogen-bond acceptors (Lipinski definition) is 4. The highest BCUT2D eigenvalue weighted by Crippen LogP contribution is 2.27. The molecule has 22 heavy (non-hydrogen) atoms. The van der Waals surface area contributed by atoms with Crippen molar-refractivity contribution in [3.8, 4) is 0 Å². The number of carbonyl (C=O) groups is 1. The van der Waals surface area contributed by atoms with Crippen LogP contribution >= 0.6 is 11.8 Å². The fourth-order valence-corrected chi connectivity index (χ4v) is 3.34. The topological polar surface area (TPSA) is 66.5 Å². The van der Waals surface area contributed by atoms with E-state index in [0.717, 1.165) is 5.75 Å². The Bertz CT molecular complexity index is 662. The average molecular weight is 354 g/mol. The zero-order chi connectivity index (χ0) is 16.4. The number of nitrogens with one attached hydrogen (secondary N) is 1. The lowest BCUT2D eigenvalue weighted by Crippen LogP contribution is -2.38. The second-order valence-electron chi connectivity index (χ2n) is 4.58. The molecule has 2 rings (SSSR count). The van der Waals surface area contributed by atoms with Gasteiger partial charge >= 0.3 is 15.5 Å². The first kappa shape index (κ1) is 16.9. The molecule has 1 aromatic carbocycles. The summed E-state index contributed by atoms with van der Waals surface area (Å²) in [5.41, 5.74) is -5.25. The molecule has 0 unspecified atom stereocenters. The lowest BCUT2D eigenvalue weighted by atomic mass is 10.1. The molecule has 0 atom stereocenters. The molecule has 0 radical (unpaired) electrons. The van der Waals surface area contributed by atoms with Gasteiger partial charge in [0.15, 0.2) is 0 Å². The van der Waals surface area contributed by atoms with E-state index < -0.39 is 15.5 Å². The van der Waals surface area contributed by atoms with E-state index in [1.54, 1.807) is 6.07 Å². The number of benzene rings is 1. The van der Waals surface area contributed by atoms with E-state index in [2.05, 4.69) is 0 Å². The van der Waals surface area contributed by atoms with Crippen LogP contribution in [0.15, 0.2) is 24.3 Å². The minimum atomic E-state index is -5.49. The van der Waals surface area contributed by atoms with Crippen LogP contribution in [0.5, 0.6) is 0 Å². The minimum absolute atomic E-state index is 0.0654. The van der Waals surface area contributed by atoms with Crippen molar-refractivity contribution in [2.75, 3.05) is 22.8 Å². The van der Waals surface area contributed by atoms with Crippen LogP contribution in [0, 0.1) is 0 Å². The van der Waals surface area contributed by atoms with Crippen LogP contribution in [-0.2, 0) is 21.4 Å². The monoisotopic (exact) mass is 354 g/mol. The number of halogens is 3. The highest BCUT2D eigenvalue weighted by molar-refractivity contribution is 8.00. The van der Waals surface area contributed by atoms with E-state index in [9.17, 15) is 26.4 Å². The van der Waals surface area contributed by atoms with E-state index >= 15 is 0 Å².